The molecular formula is C17H16N2O2. The van der Waals surface area contributed by atoms with Crippen LogP contribution in [0.15, 0.2) is 36.5 Å². The molecule has 0 aliphatic carbocycles. The predicted octanol–water partition coefficient (Wildman–Crippen LogP) is 3.39. The van der Waals surface area contributed by atoms with Crippen LogP contribution in [0.4, 0.5) is 0 Å². The Hall–Kier alpha value is -2.49. The van der Waals surface area contributed by atoms with Gasteiger partial charge in [-0.25, -0.2) is 4.98 Å². The minimum atomic E-state index is 0.599. The first-order chi connectivity index (χ1) is 10.2. The van der Waals surface area contributed by atoms with Gasteiger partial charge in [0.1, 0.15) is 18.9 Å². The number of aromatic nitrogens is 2. The molecule has 3 heterocycles. The van der Waals surface area contributed by atoms with Crippen LogP contribution in [0.2, 0.25) is 0 Å². The number of fused-ring (bicyclic) bond motifs is 2. The van der Waals surface area contributed by atoms with Crippen molar-refractivity contribution in [3.8, 4) is 22.8 Å². The van der Waals surface area contributed by atoms with Gasteiger partial charge in [-0.05, 0) is 49.7 Å². The highest BCUT2D eigenvalue weighted by molar-refractivity contribution is 5.68. The van der Waals surface area contributed by atoms with Gasteiger partial charge in [0, 0.05) is 11.3 Å². The van der Waals surface area contributed by atoms with Gasteiger partial charge in [-0.1, -0.05) is 0 Å². The number of aryl methyl sites for hydroxylation is 2. The molecule has 4 nitrogen and oxygen atoms in total. The highest BCUT2D eigenvalue weighted by atomic mass is 16.6. The average molecular weight is 280 g/mol. The van der Waals surface area contributed by atoms with Crippen LogP contribution in [0, 0.1) is 13.8 Å². The van der Waals surface area contributed by atoms with Crippen molar-refractivity contribution in [2.45, 2.75) is 13.8 Å². The quantitative estimate of drug-likeness (QED) is 0.685. The van der Waals surface area contributed by atoms with Crippen molar-refractivity contribution in [3.63, 3.8) is 0 Å². The van der Waals surface area contributed by atoms with Gasteiger partial charge in [0.15, 0.2) is 11.5 Å². The first-order valence-corrected chi connectivity index (χ1v) is 7.07. The van der Waals surface area contributed by atoms with E-state index in [1.165, 1.54) is 11.3 Å². The number of pyridine rings is 1. The third-order valence-electron chi connectivity index (χ3n) is 3.77. The Morgan fingerprint density at radius 3 is 2.67 bits per heavy atom. The first kappa shape index (κ1) is 12.3. The van der Waals surface area contributed by atoms with Gasteiger partial charge in [0.2, 0.25) is 0 Å². The lowest BCUT2D eigenvalue weighted by Gasteiger charge is -2.19. The Labute approximate surface area is 123 Å². The van der Waals surface area contributed by atoms with Crippen molar-refractivity contribution >= 4 is 5.65 Å². The normalized spacial score (nSPS) is 13.6. The highest BCUT2D eigenvalue weighted by Gasteiger charge is 2.15. The summed E-state index contributed by atoms with van der Waals surface area (Å²) in [7, 11) is 0. The second-order valence-electron chi connectivity index (χ2n) is 5.37. The molecule has 4 rings (SSSR count). The Kier molecular flexibility index (Phi) is 2.64. The van der Waals surface area contributed by atoms with E-state index in [0.717, 1.165) is 28.4 Å². The molecule has 106 valence electrons. The van der Waals surface area contributed by atoms with Gasteiger partial charge in [-0.3, -0.25) is 4.40 Å². The van der Waals surface area contributed by atoms with E-state index in [1.807, 2.05) is 18.3 Å². The third-order valence-corrected chi connectivity index (χ3v) is 3.77. The molecule has 4 heteroatoms. The standard InChI is InChI=1S/C17H16N2O2/c1-11-7-12(2)19-14(10-18-17(19)8-11)13-3-4-15-16(9-13)21-6-5-20-15/h3-4,7-10H,5-6H2,1-2H3. The van der Waals surface area contributed by atoms with Crippen molar-refractivity contribution in [3.05, 3.63) is 47.8 Å². The fraction of sp³-hybridized carbons (Fsp3) is 0.235. The molecule has 0 bridgehead atoms. The molecule has 21 heavy (non-hydrogen) atoms. The number of ether oxygens (including phenoxy) is 2. The van der Waals surface area contributed by atoms with E-state index in [1.54, 1.807) is 0 Å². The zero-order valence-electron chi connectivity index (χ0n) is 12.1. The van der Waals surface area contributed by atoms with Gasteiger partial charge < -0.3 is 9.47 Å². The van der Waals surface area contributed by atoms with Crippen LogP contribution >= 0.6 is 0 Å². The van der Waals surface area contributed by atoms with Crippen LogP contribution in [0.1, 0.15) is 11.3 Å². The van der Waals surface area contributed by atoms with Crippen molar-refractivity contribution < 1.29 is 9.47 Å². The molecule has 1 aromatic carbocycles. The summed E-state index contributed by atoms with van der Waals surface area (Å²) in [5, 5.41) is 0. The van der Waals surface area contributed by atoms with E-state index in [4.69, 9.17) is 9.47 Å². The number of rotatable bonds is 1. The molecule has 0 atom stereocenters. The Balaban J connectivity index is 1.90. The Morgan fingerprint density at radius 2 is 1.81 bits per heavy atom. The summed E-state index contributed by atoms with van der Waals surface area (Å²) in [5.74, 6) is 1.62. The number of benzene rings is 1. The van der Waals surface area contributed by atoms with Crippen LogP contribution < -0.4 is 9.47 Å². The lowest BCUT2D eigenvalue weighted by atomic mass is 10.1. The van der Waals surface area contributed by atoms with Crippen LogP contribution in [0.5, 0.6) is 11.5 Å². The molecule has 0 N–H and O–H groups in total. The lowest BCUT2D eigenvalue weighted by molar-refractivity contribution is 0.171. The monoisotopic (exact) mass is 280 g/mol. The van der Waals surface area contributed by atoms with Crippen molar-refractivity contribution in [1.29, 1.82) is 0 Å². The first-order valence-electron chi connectivity index (χ1n) is 7.07. The largest absolute Gasteiger partial charge is 0.486 e. The van der Waals surface area contributed by atoms with Crippen LogP contribution in [0.25, 0.3) is 16.9 Å². The van der Waals surface area contributed by atoms with Crippen LogP contribution in [0.3, 0.4) is 0 Å². The second kappa shape index (κ2) is 4.52. The summed E-state index contributed by atoms with van der Waals surface area (Å²) in [5.41, 5.74) is 5.52. The summed E-state index contributed by atoms with van der Waals surface area (Å²) in [4.78, 5) is 4.52. The van der Waals surface area contributed by atoms with Crippen molar-refractivity contribution in [2.75, 3.05) is 13.2 Å². The molecule has 1 aliphatic heterocycles. The smallest absolute Gasteiger partial charge is 0.162 e. The molecule has 0 saturated heterocycles. The predicted molar refractivity (Wildman–Crippen MR) is 81.1 cm³/mol. The zero-order chi connectivity index (χ0) is 14.4. The molecular weight excluding hydrogens is 264 g/mol. The van der Waals surface area contributed by atoms with E-state index < -0.39 is 0 Å². The van der Waals surface area contributed by atoms with Crippen molar-refractivity contribution in [2.24, 2.45) is 0 Å². The van der Waals surface area contributed by atoms with Gasteiger partial charge in [0.25, 0.3) is 0 Å². The minimum Gasteiger partial charge on any atom is -0.486 e. The van der Waals surface area contributed by atoms with E-state index in [0.29, 0.717) is 13.2 Å². The lowest BCUT2D eigenvalue weighted by Crippen LogP contribution is -2.15. The number of nitrogens with zero attached hydrogens (tertiary/aromatic N) is 2. The topological polar surface area (TPSA) is 35.8 Å². The molecule has 0 saturated carbocycles. The Bertz CT molecular complexity index is 836. The zero-order valence-corrected chi connectivity index (χ0v) is 12.1. The maximum Gasteiger partial charge on any atom is 0.162 e. The van der Waals surface area contributed by atoms with Crippen LogP contribution in [-0.4, -0.2) is 22.6 Å². The summed E-state index contributed by atoms with van der Waals surface area (Å²) in [6.07, 6.45) is 1.91. The molecule has 1 aliphatic rings. The molecule has 0 unspecified atom stereocenters. The fourth-order valence-electron chi connectivity index (χ4n) is 2.88. The van der Waals surface area contributed by atoms with E-state index in [9.17, 15) is 0 Å². The summed E-state index contributed by atoms with van der Waals surface area (Å²) in [6, 6.07) is 10.3. The van der Waals surface area contributed by atoms with Gasteiger partial charge >= 0.3 is 0 Å². The van der Waals surface area contributed by atoms with Crippen LogP contribution in [-0.2, 0) is 0 Å². The Morgan fingerprint density at radius 1 is 1.00 bits per heavy atom. The fourth-order valence-corrected chi connectivity index (χ4v) is 2.88. The van der Waals surface area contributed by atoms with E-state index in [-0.39, 0.29) is 0 Å². The SMILES string of the molecule is Cc1cc(C)n2c(-c3ccc4c(c3)OCCO4)cnc2c1. The molecule has 2 aromatic heterocycles. The summed E-state index contributed by atoms with van der Waals surface area (Å²) < 4.78 is 13.4. The highest BCUT2D eigenvalue weighted by Crippen LogP contribution is 2.35. The third kappa shape index (κ3) is 1.95. The number of imidazole rings is 1. The van der Waals surface area contributed by atoms with Crippen molar-refractivity contribution in [1.82, 2.24) is 9.38 Å². The molecule has 0 spiro atoms. The van der Waals surface area contributed by atoms with Gasteiger partial charge in [-0.2, -0.15) is 0 Å². The molecule has 0 amide bonds. The van der Waals surface area contributed by atoms with Gasteiger partial charge in [0.05, 0.1) is 11.9 Å². The molecule has 3 aromatic rings. The molecule has 0 fully saturated rings. The maximum absolute atomic E-state index is 5.67. The maximum atomic E-state index is 5.67. The van der Waals surface area contributed by atoms with E-state index in [2.05, 4.69) is 41.4 Å². The summed E-state index contributed by atoms with van der Waals surface area (Å²) >= 11 is 0. The number of hydrogen-bond acceptors (Lipinski definition) is 3. The number of hydrogen-bond donors (Lipinski definition) is 0. The average Bonchev–Trinajstić information content (AvgIpc) is 2.90. The minimum absolute atomic E-state index is 0.599. The second-order valence-corrected chi connectivity index (χ2v) is 5.37. The van der Waals surface area contributed by atoms with Gasteiger partial charge in [-0.15, -0.1) is 0 Å². The molecule has 0 radical (unpaired) electrons. The van der Waals surface area contributed by atoms with E-state index >= 15 is 0 Å². The summed E-state index contributed by atoms with van der Waals surface area (Å²) in [6.45, 7) is 5.40.